The summed E-state index contributed by atoms with van der Waals surface area (Å²) in [5.74, 6) is 1.34. The Morgan fingerprint density at radius 1 is 1.31 bits per heavy atom. The van der Waals surface area contributed by atoms with Gasteiger partial charge in [0, 0.05) is 43.6 Å². The van der Waals surface area contributed by atoms with E-state index >= 15 is 0 Å². The number of hydrogen-bond acceptors (Lipinski definition) is 5. The minimum Gasteiger partial charge on any atom is -0.454 e. The second-order valence-corrected chi connectivity index (χ2v) is 7.76. The van der Waals surface area contributed by atoms with Crippen molar-refractivity contribution in [2.24, 2.45) is 0 Å². The molecule has 1 aromatic carbocycles. The first-order valence-corrected chi connectivity index (χ1v) is 10.1. The fourth-order valence-electron chi connectivity index (χ4n) is 3.21. The third kappa shape index (κ3) is 5.59. The lowest BCUT2D eigenvalue weighted by atomic mass is 10.1. The fraction of sp³-hybridized carbons (Fsp3) is 0.500. The molecule has 0 saturated heterocycles. The van der Waals surface area contributed by atoms with Gasteiger partial charge >= 0.3 is 0 Å². The van der Waals surface area contributed by atoms with E-state index in [9.17, 15) is 4.79 Å². The van der Waals surface area contributed by atoms with Crippen LogP contribution in [0.2, 0.25) is 0 Å². The first-order chi connectivity index (χ1) is 14.0. The SMILES string of the molecule is COCCNC(=S)N(CCC[NH+](C)C)Cc1cc2cc3c(cc2[nH]c1=O)OCO3. The molecule has 0 unspecified atom stereocenters. The van der Waals surface area contributed by atoms with Crippen LogP contribution in [0.25, 0.3) is 10.9 Å². The Balaban J connectivity index is 1.80. The number of benzene rings is 1. The zero-order valence-corrected chi connectivity index (χ0v) is 18.0. The Bertz CT molecular complexity index is 915. The van der Waals surface area contributed by atoms with Gasteiger partial charge in [0.1, 0.15) is 0 Å². The van der Waals surface area contributed by atoms with Crippen LogP contribution >= 0.6 is 12.2 Å². The van der Waals surface area contributed by atoms with E-state index in [1.807, 2.05) is 17.0 Å². The number of thiocarbonyl (C=S) groups is 1. The lowest BCUT2D eigenvalue weighted by Crippen LogP contribution is -3.05. The molecule has 0 fully saturated rings. The molecule has 1 aromatic heterocycles. The summed E-state index contributed by atoms with van der Waals surface area (Å²) >= 11 is 5.57. The molecule has 0 aliphatic carbocycles. The highest BCUT2D eigenvalue weighted by Gasteiger charge is 2.17. The highest BCUT2D eigenvalue weighted by molar-refractivity contribution is 7.80. The summed E-state index contributed by atoms with van der Waals surface area (Å²) in [4.78, 5) is 19.1. The van der Waals surface area contributed by atoms with E-state index in [4.69, 9.17) is 26.4 Å². The molecule has 1 aliphatic rings. The van der Waals surface area contributed by atoms with Crippen molar-refractivity contribution in [1.29, 1.82) is 0 Å². The average molecular weight is 422 g/mol. The second kappa shape index (κ2) is 9.91. The first-order valence-electron chi connectivity index (χ1n) is 9.74. The number of aromatic amines is 1. The summed E-state index contributed by atoms with van der Waals surface area (Å²) in [7, 11) is 5.90. The number of ether oxygens (including phenoxy) is 3. The topological polar surface area (TPSA) is 80.3 Å². The van der Waals surface area contributed by atoms with E-state index in [1.165, 1.54) is 4.90 Å². The van der Waals surface area contributed by atoms with Crippen LogP contribution < -0.4 is 25.2 Å². The van der Waals surface area contributed by atoms with Crippen molar-refractivity contribution in [3.8, 4) is 11.5 Å². The maximum absolute atomic E-state index is 12.7. The van der Waals surface area contributed by atoms with E-state index in [2.05, 4.69) is 24.4 Å². The van der Waals surface area contributed by atoms with Gasteiger partial charge in [0.2, 0.25) is 6.79 Å². The summed E-state index contributed by atoms with van der Waals surface area (Å²) in [6.45, 7) is 3.62. The maximum atomic E-state index is 12.7. The van der Waals surface area contributed by atoms with E-state index in [-0.39, 0.29) is 12.4 Å². The number of pyridine rings is 1. The monoisotopic (exact) mass is 421 g/mol. The minimum atomic E-state index is -0.126. The van der Waals surface area contributed by atoms with Gasteiger partial charge in [0.15, 0.2) is 16.6 Å². The summed E-state index contributed by atoms with van der Waals surface area (Å²) in [5, 5.41) is 4.74. The van der Waals surface area contributed by atoms with Crippen LogP contribution in [-0.4, -0.2) is 69.2 Å². The molecule has 0 atom stereocenters. The van der Waals surface area contributed by atoms with Crippen LogP contribution in [0, 0.1) is 0 Å². The van der Waals surface area contributed by atoms with Crippen LogP contribution in [0.4, 0.5) is 0 Å². The van der Waals surface area contributed by atoms with Crippen LogP contribution in [0.1, 0.15) is 12.0 Å². The molecular weight excluding hydrogens is 392 g/mol. The Morgan fingerprint density at radius 3 is 2.79 bits per heavy atom. The van der Waals surface area contributed by atoms with Crippen molar-refractivity contribution in [3.05, 3.63) is 34.1 Å². The molecule has 0 amide bonds. The highest BCUT2D eigenvalue weighted by Crippen LogP contribution is 2.35. The van der Waals surface area contributed by atoms with Gasteiger partial charge in [-0.15, -0.1) is 0 Å². The van der Waals surface area contributed by atoms with Crippen LogP contribution in [0.15, 0.2) is 23.0 Å². The molecule has 3 N–H and O–H groups in total. The number of rotatable bonds is 9. The number of nitrogens with one attached hydrogen (secondary N) is 3. The van der Waals surface area contributed by atoms with Gasteiger partial charge in [0.05, 0.1) is 39.3 Å². The molecule has 2 aromatic rings. The Morgan fingerprint density at radius 2 is 2.07 bits per heavy atom. The number of aromatic nitrogens is 1. The number of quaternary nitrogens is 1. The molecule has 0 spiro atoms. The molecule has 2 heterocycles. The molecule has 3 rings (SSSR count). The molecule has 29 heavy (non-hydrogen) atoms. The summed E-state index contributed by atoms with van der Waals surface area (Å²) in [5.41, 5.74) is 1.26. The Labute approximate surface area is 175 Å². The number of hydrogen-bond donors (Lipinski definition) is 3. The standard InChI is InChI=1S/C20H28N4O4S/c1-23(2)6-4-7-24(20(29)21-5-8-26-3)12-15-9-14-10-17-18(28-13-27-17)11-16(14)22-19(15)25/h9-11H,4-8,12-13H2,1-3H3,(H,21,29)(H,22,25)/p+1. The van der Waals surface area contributed by atoms with Crippen molar-refractivity contribution in [3.63, 3.8) is 0 Å². The number of fused-ring (bicyclic) bond motifs is 2. The minimum absolute atomic E-state index is 0.126. The van der Waals surface area contributed by atoms with E-state index in [0.29, 0.717) is 41.9 Å². The number of H-pyrrole nitrogens is 1. The zero-order valence-electron chi connectivity index (χ0n) is 17.2. The largest absolute Gasteiger partial charge is 0.454 e. The molecular formula is C20H29N4O4S+. The molecule has 1 aliphatic heterocycles. The molecule has 0 radical (unpaired) electrons. The lowest BCUT2D eigenvalue weighted by Gasteiger charge is -2.26. The summed E-state index contributed by atoms with van der Waals surface area (Å²) in [6.07, 6.45) is 0.971. The summed E-state index contributed by atoms with van der Waals surface area (Å²) < 4.78 is 15.9. The van der Waals surface area contributed by atoms with E-state index in [1.54, 1.807) is 13.2 Å². The third-order valence-corrected chi connectivity index (χ3v) is 5.15. The van der Waals surface area contributed by atoms with Gasteiger partial charge in [-0.2, -0.15) is 0 Å². The third-order valence-electron chi connectivity index (χ3n) is 4.75. The van der Waals surface area contributed by atoms with Crippen molar-refractivity contribution in [1.82, 2.24) is 15.2 Å². The van der Waals surface area contributed by atoms with Gasteiger partial charge < -0.3 is 34.3 Å². The van der Waals surface area contributed by atoms with Gasteiger partial charge in [-0.1, -0.05) is 0 Å². The average Bonchev–Trinajstić information content (AvgIpc) is 3.13. The van der Waals surface area contributed by atoms with Crippen LogP contribution in [-0.2, 0) is 11.3 Å². The van der Waals surface area contributed by atoms with Crippen molar-refractivity contribution < 1.29 is 19.1 Å². The molecule has 0 bridgehead atoms. The van der Waals surface area contributed by atoms with Crippen LogP contribution in [0.5, 0.6) is 11.5 Å². The summed E-state index contributed by atoms with van der Waals surface area (Å²) in [6, 6.07) is 5.60. The Kier molecular flexibility index (Phi) is 7.29. The van der Waals surface area contributed by atoms with Crippen LogP contribution in [0.3, 0.4) is 0 Å². The first kappa shape index (κ1) is 21.4. The second-order valence-electron chi connectivity index (χ2n) is 7.37. The molecule has 9 heteroatoms. The number of methoxy groups -OCH3 is 1. The quantitative estimate of drug-likeness (QED) is 0.392. The fourth-order valence-corrected chi connectivity index (χ4v) is 3.47. The van der Waals surface area contributed by atoms with Crippen molar-refractivity contribution >= 4 is 28.2 Å². The van der Waals surface area contributed by atoms with Gasteiger partial charge in [-0.25, -0.2) is 0 Å². The molecule has 0 saturated carbocycles. The van der Waals surface area contributed by atoms with E-state index in [0.717, 1.165) is 30.4 Å². The van der Waals surface area contributed by atoms with E-state index < -0.39 is 0 Å². The molecule has 8 nitrogen and oxygen atoms in total. The van der Waals surface area contributed by atoms with Gasteiger partial charge in [-0.3, -0.25) is 4.79 Å². The Hall–Kier alpha value is -2.36. The molecule has 158 valence electrons. The van der Waals surface area contributed by atoms with Gasteiger partial charge in [0.25, 0.3) is 5.56 Å². The predicted molar refractivity (Wildman–Crippen MR) is 116 cm³/mol. The van der Waals surface area contributed by atoms with Crippen molar-refractivity contribution in [2.45, 2.75) is 13.0 Å². The number of nitrogens with zero attached hydrogens (tertiary/aromatic N) is 1. The lowest BCUT2D eigenvalue weighted by molar-refractivity contribution is -0.858. The predicted octanol–water partition coefficient (Wildman–Crippen LogP) is 0.114. The smallest absolute Gasteiger partial charge is 0.253 e. The zero-order chi connectivity index (χ0) is 20.8. The maximum Gasteiger partial charge on any atom is 0.253 e. The normalized spacial score (nSPS) is 12.6. The van der Waals surface area contributed by atoms with Crippen molar-refractivity contribution in [2.75, 3.05) is 54.2 Å². The highest BCUT2D eigenvalue weighted by atomic mass is 32.1. The van der Waals surface area contributed by atoms with Gasteiger partial charge in [-0.05, 0) is 24.4 Å².